The molecule has 0 aliphatic heterocycles. The number of carbonyl (C=O) groups is 1. The largest absolute Gasteiger partial charge is 0.368 e. The lowest BCUT2D eigenvalue weighted by Crippen LogP contribution is -2.33. The van der Waals surface area contributed by atoms with E-state index in [1.54, 1.807) is 23.5 Å². The highest BCUT2D eigenvalue weighted by Crippen LogP contribution is 2.21. The maximum Gasteiger partial charge on any atom is 0.239 e. The van der Waals surface area contributed by atoms with E-state index in [1.165, 1.54) is 6.07 Å². The van der Waals surface area contributed by atoms with Crippen molar-refractivity contribution in [2.75, 3.05) is 0 Å². The number of hydrogen-bond acceptors (Lipinski definition) is 3. The summed E-state index contributed by atoms with van der Waals surface area (Å²) in [6, 6.07) is 7.72. The van der Waals surface area contributed by atoms with Crippen LogP contribution in [0.25, 0.3) is 0 Å². The van der Waals surface area contributed by atoms with E-state index < -0.39 is 17.8 Å². The third-order valence-electron chi connectivity index (χ3n) is 2.62. The zero-order valence-corrected chi connectivity index (χ0v) is 12.3. The van der Waals surface area contributed by atoms with Crippen LogP contribution < -0.4 is 11.1 Å². The SMILES string of the molecule is NC(=O)C(NCc1cccs1)c1ccc(Br)c(F)c1. The van der Waals surface area contributed by atoms with Gasteiger partial charge >= 0.3 is 0 Å². The van der Waals surface area contributed by atoms with Gasteiger partial charge in [-0.25, -0.2) is 4.39 Å². The average Bonchev–Trinajstić information content (AvgIpc) is 2.86. The lowest BCUT2D eigenvalue weighted by molar-refractivity contribution is -0.120. The number of primary amides is 1. The van der Waals surface area contributed by atoms with Crippen molar-refractivity contribution in [1.29, 1.82) is 0 Å². The summed E-state index contributed by atoms with van der Waals surface area (Å²) in [6.45, 7) is 0.517. The lowest BCUT2D eigenvalue weighted by Gasteiger charge is -2.15. The summed E-state index contributed by atoms with van der Waals surface area (Å²) in [6.07, 6.45) is 0. The molecule has 0 saturated heterocycles. The van der Waals surface area contributed by atoms with Crippen LogP contribution in [-0.4, -0.2) is 5.91 Å². The van der Waals surface area contributed by atoms with Crippen molar-refractivity contribution in [3.63, 3.8) is 0 Å². The van der Waals surface area contributed by atoms with E-state index in [1.807, 2.05) is 17.5 Å². The molecule has 0 spiro atoms. The number of rotatable bonds is 5. The standard InChI is InChI=1S/C13H12BrFN2OS/c14-10-4-3-8(6-11(10)15)12(13(16)18)17-7-9-2-1-5-19-9/h1-6,12,17H,7H2,(H2,16,18). The van der Waals surface area contributed by atoms with E-state index in [2.05, 4.69) is 21.2 Å². The molecule has 3 nitrogen and oxygen atoms in total. The first kappa shape index (κ1) is 14.2. The predicted octanol–water partition coefficient (Wildman–Crippen LogP) is 2.97. The van der Waals surface area contributed by atoms with Gasteiger partial charge in [0.05, 0.1) is 4.47 Å². The van der Waals surface area contributed by atoms with Crippen LogP contribution in [0.4, 0.5) is 4.39 Å². The summed E-state index contributed by atoms with van der Waals surface area (Å²) in [5, 5.41) is 4.99. The molecule has 0 aliphatic carbocycles. The molecule has 1 heterocycles. The van der Waals surface area contributed by atoms with Crippen molar-refractivity contribution in [3.05, 3.63) is 56.4 Å². The number of nitrogens with one attached hydrogen (secondary N) is 1. The van der Waals surface area contributed by atoms with Gasteiger partial charge < -0.3 is 5.73 Å². The van der Waals surface area contributed by atoms with E-state index in [-0.39, 0.29) is 0 Å². The fraction of sp³-hybridized carbons (Fsp3) is 0.154. The van der Waals surface area contributed by atoms with Crippen LogP contribution in [0.3, 0.4) is 0 Å². The fourth-order valence-corrected chi connectivity index (χ4v) is 2.59. The Morgan fingerprint density at radius 3 is 2.84 bits per heavy atom. The number of halogens is 2. The molecule has 6 heteroatoms. The molecule has 100 valence electrons. The third kappa shape index (κ3) is 3.62. The Hall–Kier alpha value is -1.24. The Morgan fingerprint density at radius 2 is 2.26 bits per heavy atom. The average molecular weight is 343 g/mol. The Labute approximate surface area is 122 Å². The molecule has 2 rings (SSSR count). The minimum atomic E-state index is -0.704. The quantitative estimate of drug-likeness (QED) is 0.877. The van der Waals surface area contributed by atoms with Crippen LogP contribution in [0.2, 0.25) is 0 Å². The van der Waals surface area contributed by atoms with E-state index in [4.69, 9.17) is 5.73 Å². The third-order valence-corrected chi connectivity index (χ3v) is 4.14. The Bertz CT molecular complexity index is 574. The molecule has 0 saturated carbocycles. The Morgan fingerprint density at radius 1 is 1.47 bits per heavy atom. The molecule has 3 N–H and O–H groups in total. The molecule has 0 aliphatic rings. The van der Waals surface area contributed by atoms with Crippen LogP contribution in [0.15, 0.2) is 40.2 Å². The molecule has 1 aromatic heterocycles. The van der Waals surface area contributed by atoms with Gasteiger partial charge in [0, 0.05) is 11.4 Å². The van der Waals surface area contributed by atoms with Crippen molar-refractivity contribution in [2.45, 2.75) is 12.6 Å². The number of thiophene rings is 1. The van der Waals surface area contributed by atoms with Crippen molar-refractivity contribution in [2.24, 2.45) is 5.73 Å². The van der Waals surface area contributed by atoms with E-state index >= 15 is 0 Å². The van der Waals surface area contributed by atoms with Crippen molar-refractivity contribution >= 4 is 33.2 Å². The van der Waals surface area contributed by atoms with E-state index in [9.17, 15) is 9.18 Å². The summed E-state index contributed by atoms with van der Waals surface area (Å²) in [4.78, 5) is 12.6. The van der Waals surface area contributed by atoms with Crippen molar-refractivity contribution in [3.8, 4) is 0 Å². The highest BCUT2D eigenvalue weighted by molar-refractivity contribution is 9.10. The summed E-state index contributed by atoms with van der Waals surface area (Å²) in [7, 11) is 0. The number of benzene rings is 1. The zero-order valence-electron chi connectivity index (χ0n) is 9.90. The highest BCUT2D eigenvalue weighted by atomic mass is 79.9. The molecular weight excluding hydrogens is 331 g/mol. The molecule has 0 bridgehead atoms. The minimum Gasteiger partial charge on any atom is -0.368 e. The number of amides is 1. The van der Waals surface area contributed by atoms with Crippen LogP contribution >= 0.6 is 27.3 Å². The first-order valence-electron chi connectivity index (χ1n) is 5.58. The molecule has 1 atom stereocenters. The predicted molar refractivity (Wildman–Crippen MR) is 77.2 cm³/mol. The van der Waals surface area contributed by atoms with Gasteiger partial charge in [0.15, 0.2) is 0 Å². The monoisotopic (exact) mass is 342 g/mol. The van der Waals surface area contributed by atoms with Crippen LogP contribution in [0.5, 0.6) is 0 Å². The molecule has 1 aromatic carbocycles. The maximum atomic E-state index is 13.5. The number of hydrogen-bond donors (Lipinski definition) is 2. The van der Waals surface area contributed by atoms with Gasteiger partial charge in [-0.15, -0.1) is 11.3 Å². The minimum absolute atomic E-state index is 0.359. The number of carbonyl (C=O) groups excluding carboxylic acids is 1. The van der Waals surface area contributed by atoms with Gasteiger partial charge in [0.2, 0.25) is 5.91 Å². The molecule has 0 fully saturated rings. The molecule has 2 aromatic rings. The highest BCUT2D eigenvalue weighted by Gasteiger charge is 2.18. The molecule has 1 unspecified atom stereocenters. The molecule has 1 amide bonds. The van der Waals surface area contributed by atoms with Crippen LogP contribution in [0, 0.1) is 5.82 Å². The van der Waals surface area contributed by atoms with Crippen molar-refractivity contribution in [1.82, 2.24) is 5.32 Å². The lowest BCUT2D eigenvalue weighted by atomic mass is 10.1. The zero-order chi connectivity index (χ0) is 13.8. The molecule has 19 heavy (non-hydrogen) atoms. The van der Waals surface area contributed by atoms with Gasteiger partial charge in [-0.3, -0.25) is 10.1 Å². The second-order valence-corrected chi connectivity index (χ2v) is 5.86. The Kier molecular flexibility index (Phi) is 4.68. The second kappa shape index (κ2) is 6.27. The summed E-state index contributed by atoms with van der Waals surface area (Å²) < 4.78 is 13.9. The Balaban J connectivity index is 2.15. The van der Waals surface area contributed by atoms with E-state index in [0.29, 0.717) is 16.6 Å². The van der Waals surface area contributed by atoms with Crippen LogP contribution in [-0.2, 0) is 11.3 Å². The van der Waals surface area contributed by atoms with Gasteiger partial charge in [0.25, 0.3) is 0 Å². The first-order valence-corrected chi connectivity index (χ1v) is 7.25. The number of nitrogens with two attached hydrogens (primary N) is 1. The summed E-state index contributed by atoms with van der Waals surface area (Å²) >= 11 is 4.66. The summed E-state index contributed by atoms with van der Waals surface area (Å²) in [5.41, 5.74) is 5.88. The maximum absolute atomic E-state index is 13.5. The molecular formula is C13H12BrFN2OS. The van der Waals surface area contributed by atoms with Gasteiger partial charge in [-0.1, -0.05) is 12.1 Å². The molecule has 0 radical (unpaired) electrons. The van der Waals surface area contributed by atoms with Gasteiger partial charge in [0.1, 0.15) is 11.9 Å². The topological polar surface area (TPSA) is 55.1 Å². The van der Waals surface area contributed by atoms with Crippen LogP contribution in [0.1, 0.15) is 16.5 Å². The first-order chi connectivity index (χ1) is 9.08. The fourth-order valence-electron chi connectivity index (χ4n) is 1.69. The summed E-state index contributed by atoms with van der Waals surface area (Å²) in [5.74, 6) is -0.944. The van der Waals surface area contributed by atoms with E-state index in [0.717, 1.165) is 4.88 Å². The normalized spacial score (nSPS) is 12.3. The van der Waals surface area contributed by atoms with Gasteiger partial charge in [-0.2, -0.15) is 0 Å². The van der Waals surface area contributed by atoms with Gasteiger partial charge in [-0.05, 0) is 45.1 Å². The second-order valence-electron chi connectivity index (χ2n) is 3.97. The smallest absolute Gasteiger partial charge is 0.239 e. The van der Waals surface area contributed by atoms with Crippen molar-refractivity contribution < 1.29 is 9.18 Å².